The predicted molar refractivity (Wildman–Crippen MR) is 90.7 cm³/mol. The van der Waals surface area contributed by atoms with Gasteiger partial charge >= 0.3 is 0 Å². The normalized spacial score (nSPS) is 10.9. The fourth-order valence-corrected chi connectivity index (χ4v) is 3.84. The fourth-order valence-electron chi connectivity index (χ4n) is 1.99. The van der Waals surface area contributed by atoms with Crippen molar-refractivity contribution in [3.63, 3.8) is 0 Å². The molecule has 0 saturated heterocycles. The Labute approximate surface area is 135 Å². The van der Waals surface area contributed by atoms with Gasteiger partial charge in [0.15, 0.2) is 3.95 Å². The molecule has 0 saturated carbocycles. The fraction of sp³-hybridized carbons (Fsp3) is 0.0714. The molecule has 0 radical (unpaired) electrons. The standard InChI is InChI=1S/C14H10Cl2N2S2/c15-9-4-3-5-10(16)13(9)17-8-18-11-6-1-2-7-12(11)20-14(18)19/h1-7,17H,8H2. The summed E-state index contributed by atoms with van der Waals surface area (Å²) in [6, 6.07) is 13.6. The summed E-state index contributed by atoms with van der Waals surface area (Å²) in [6.07, 6.45) is 0. The van der Waals surface area contributed by atoms with Gasteiger partial charge in [-0.3, -0.25) is 0 Å². The third kappa shape index (κ3) is 2.56. The molecule has 0 spiro atoms. The van der Waals surface area contributed by atoms with E-state index >= 15 is 0 Å². The van der Waals surface area contributed by atoms with Crippen molar-refractivity contribution in [2.24, 2.45) is 0 Å². The van der Waals surface area contributed by atoms with E-state index in [1.165, 1.54) is 4.70 Å². The molecule has 20 heavy (non-hydrogen) atoms. The van der Waals surface area contributed by atoms with Gasteiger partial charge in [-0.2, -0.15) is 0 Å². The highest BCUT2D eigenvalue weighted by Crippen LogP contribution is 2.30. The van der Waals surface area contributed by atoms with Crippen LogP contribution in [0.25, 0.3) is 10.2 Å². The zero-order valence-electron chi connectivity index (χ0n) is 10.3. The molecule has 3 aromatic rings. The lowest BCUT2D eigenvalue weighted by Gasteiger charge is -2.11. The monoisotopic (exact) mass is 340 g/mol. The first kappa shape index (κ1) is 13.9. The van der Waals surface area contributed by atoms with Crippen LogP contribution in [0.5, 0.6) is 0 Å². The number of rotatable bonds is 3. The van der Waals surface area contributed by atoms with Crippen LogP contribution < -0.4 is 5.32 Å². The molecule has 0 bridgehead atoms. The van der Waals surface area contributed by atoms with Gasteiger partial charge in [-0.25, -0.2) is 0 Å². The molecule has 2 nitrogen and oxygen atoms in total. The Bertz CT molecular complexity index is 803. The first-order valence-electron chi connectivity index (χ1n) is 5.93. The van der Waals surface area contributed by atoms with Gasteiger partial charge in [0, 0.05) is 0 Å². The molecule has 102 valence electrons. The second-order valence-corrected chi connectivity index (χ2v) is 6.69. The maximum Gasteiger partial charge on any atom is 0.163 e. The van der Waals surface area contributed by atoms with Crippen molar-refractivity contribution in [3.05, 3.63) is 56.5 Å². The highest BCUT2D eigenvalue weighted by Gasteiger charge is 2.07. The summed E-state index contributed by atoms with van der Waals surface area (Å²) in [7, 11) is 0. The average Bonchev–Trinajstić information content (AvgIpc) is 2.74. The molecule has 1 aromatic heterocycles. The Balaban J connectivity index is 1.95. The molecule has 2 aromatic carbocycles. The number of halogens is 2. The number of anilines is 1. The summed E-state index contributed by atoms with van der Waals surface area (Å²) < 4.78 is 4.03. The Morgan fingerprint density at radius 2 is 1.75 bits per heavy atom. The topological polar surface area (TPSA) is 17.0 Å². The molecule has 0 aliphatic rings. The lowest BCUT2D eigenvalue weighted by molar-refractivity contribution is 0.807. The molecule has 0 unspecified atom stereocenters. The number of fused-ring (bicyclic) bond motifs is 1. The van der Waals surface area contributed by atoms with E-state index in [4.69, 9.17) is 35.4 Å². The van der Waals surface area contributed by atoms with Crippen LogP contribution in [0.2, 0.25) is 10.0 Å². The summed E-state index contributed by atoms with van der Waals surface area (Å²) in [5, 5.41) is 4.46. The van der Waals surface area contributed by atoms with Crippen molar-refractivity contribution < 1.29 is 0 Å². The van der Waals surface area contributed by atoms with Crippen LogP contribution in [0.4, 0.5) is 5.69 Å². The second kappa shape index (κ2) is 5.74. The minimum Gasteiger partial charge on any atom is -0.365 e. The summed E-state index contributed by atoms with van der Waals surface area (Å²) in [6.45, 7) is 0.534. The first-order chi connectivity index (χ1) is 9.66. The van der Waals surface area contributed by atoms with Crippen LogP contribution >= 0.6 is 46.8 Å². The molecular weight excluding hydrogens is 331 g/mol. The van der Waals surface area contributed by atoms with Crippen LogP contribution in [0.3, 0.4) is 0 Å². The molecular formula is C14H10Cl2N2S2. The van der Waals surface area contributed by atoms with Gasteiger partial charge in [-0.1, -0.05) is 41.4 Å². The number of thiazole rings is 1. The van der Waals surface area contributed by atoms with Gasteiger partial charge in [0.05, 0.1) is 32.6 Å². The van der Waals surface area contributed by atoms with Gasteiger partial charge < -0.3 is 9.88 Å². The minimum absolute atomic E-state index is 0.534. The van der Waals surface area contributed by atoms with E-state index < -0.39 is 0 Å². The minimum atomic E-state index is 0.534. The highest BCUT2D eigenvalue weighted by molar-refractivity contribution is 7.73. The summed E-state index contributed by atoms with van der Waals surface area (Å²) in [5.74, 6) is 0. The Hall–Kier alpha value is -1.07. The van der Waals surface area contributed by atoms with E-state index in [1.54, 1.807) is 23.5 Å². The van der Waals surface area contributed by atoms with E-state index in [9.17, 15) is 0 Å². The third-order valence-electron chi connectivity index (χ3n) is 2.95. The number of hydrogen-bond acceptors (Lipinski definition) is 3. The zero-order valence-corrected chi connectivity index (χ0v) is 13.4. The summed E-state index contributed by atoms with van der Waals surface area (Å²) in [4.78, 5) is 0. The van der Waals surface area contributed by atoms with Gasteiger partial charge in [-0.15, -0.1) is 11.3 Å². The van der Waals surface area contributed by atoms with Gasteiger partial charge in [0.2, 0.25) is 0 Å². The predicted octanol–water partition coefficient (Wildman–Crippen LogP) is 5.81. The van der Waals surface area contributed by atoms with E-state index in [0.29, 0.717) is 16.7 Å². The van der Waals surface area contributed by atoms with Gasteiger partial charge in [0.25, 0.3) is 0 Å². The maximum absolute atomic E-state index is 6.15. The molecule has 0 amide bonds. The zero-order chi connectivity index (χ0) is 14.1. The molecule has 3 rings (SSSR count). The van der Waals surface area contributed by atoms with Crippen molar-refractivity contribution in [1.29, 1.82) is 0 Å². The number of benzene rings is 2. The van der Waals surface area contributed by atoms with Crippen molar-refractivity contribution in [3.8, 4) is 0 Å². The van der Waals surface area contributed by atoms with E-state index in [1.807, 2.05) is 22.8 Å². The molecule has 1 heterocycles. The first-order valence-corrected chi connectivity index (χ1v) is 7.91. The van der Waals surface area contributed by atoms with Crippen LogP contribution in [0, 0.1) is 3.95 Å². The lowest BCUT2D eigenvalue weighted by Crippen LogP contribution is -2.08. The van der Waals surface area contributed by atoms with E-state index in [-0.39, 0.29) is 0 Å². The quantitative estimate of drug-likeness (QED) is 0.606. The molecule has 0 aliphatic heterocycles. The summed E-state index contributed by atoms with van der Waals surface area (Å²) >= 11 is 19.3. The molecule has 0 aliphatic carbocycles. The van der Waals surface area contributed by atoms with Gasteiger partial charge in [-0.05, 0) is 36.5 Å². The van der Waals surface area contributed by atoms with Crippen LogP contribution in [-0.4, -0.2) is 4.57 Å². The largest absolute Gasteiger partial charge is 0.365 e. The number of nitrogens with one attached hydrogen (secondary N) is 1. The van der Waals surface area contributed by atoms with E-state index in [2.05, 4.69) is 17.4 Å². The molecule has 1 N–H and O–H groups in total. The van der Waals surface area contributed by atoms with E-state index in [0.717, 1.165) is 15.2 Å². The van der Waals surface area contributed by atoms with Crippen molar-refractivity contribution in [2.45, 2.75) is 6.67 Å². The van der Waals surface area contributed by atoms with Crippen LogP contribution in [-0.2, 0) is 6.67 Å². The van der Waals surface area contributed by atoms with Crippen molar-refractivity contribution in [2.75, 3.05) is 5.32 Å². The Morgan fingerprint density at radius 3 is 2.50 bits per heavy atom. The van der Waals surface area contributed by atoms with Crippen molar-refractivity contribution in [1.82, 2.24) is 4.57 Å². The molecule has 0 atom stereocenters. The number of aromatic nitrogens is 1. The number of hydrogen-bond donors (Lipinski definition) is 1. The SMILES string of the molecule is S=c1sc2ccccc2n1CNc1c(Cl)cccc1Cl. The highest BCUT2D eigenvalue weighted by atomic mass is 35.5. The summed E-state index contributed by atoms with van der Waals surface area (Å²) in [5.41, 5.74) is 1.84. The number of para-hydroxylation sites is 2. The average molecular weight is 341 g/mol. The maximum atomic E-state index is 6.15. The van der Waals surface area contributed by atoms with Crippen LogP contribution in [0.1, 0.15) is 0 Å². The Morgan fingerprint density at radius 1 is 1.05 bits per heavy atom. The molecule has 6 heteroatoms. The molecule has 0 fully saturated rings. The van der Waals surface area contributed by atoms with Crippen LogP contribution in [0.15, 0.2) is 42.5 Å². The second-order valence-electron chi connectivity index (χ2n) is 4.20. The third-order valence-corrected chi connectivity index (χ3v) is 5.01. The van der Waals surface area contributed by atoms with Gasteiger partial charge in [0.1, 0.15) is 0 Å². The number of nitrogens with zero attached hydrogens (tertiary/aromatic N) is 1. The lowest BCUT2D eigenvalue weighted by atomic mass is 10.3. The Kier molecular flexibility index (Phi) is 3.98. The smallest absolute Gasteiger partial charge is 0.163 e. The van der Waals surface area contributed by atoms with Crippen molar-refractivity contribution >= 4 is 62.7 Å².